The molecule has 1 aromatic heterocycles. The molecule has 0 amide bonds. The summed E-state index contributed by atoms with van der Waals surface area (Å²) in [5.41, 5.74) is 5.91. The number of aryl methyl sites for hydroxylation is 2. The Morgan fingerprint density at radius 3 is 2.13 bits per heavy atom. The largest absolute Gasteiger partial charge is 0.512 e. The Morgan fingerprint density at radius 2 is 1.58 bits per heavy atom. The molecule has 209 valence electrons. The Morgan fingerprint density at radius 1 is 0.947 bits per heavy atom. The number of aliphatic hydroxyl groups is 1. The maximum Gasteiger partial charge on any atom is 0.162 e. The quantitative estimate of drug-likeness (QED) is 0.131. The molecule has 0 aliphatic carbocycles. The van der Waals surface area contributed by atoms with E-state index in [0.717, 1.165) is 48.9 Å². The average molecular weight is 693 g/mol. The fourth-order valence-electron chi connectivity index (χ4n) is 4.84. The smallest absolute Gasteiger partial charge is 0.162 e. The Kier molecular flexibility index (Phi) is 14.8. The normalized spacial score (nSPS) is 11.5. The molecule has 0 spiro atoms. The molecule has 0 bridgehead atoms. The number of benzene rings is 2. The van der Waals surface area contributed by atoms with E-state index >= 15 is 0 Å². The van der Waals surface area contributed by atoms with Crippen LogP contribution in [0.3, 0.4) is 0 Å². The summed E-state index contributed by atoms with van der Waals surface area (Å²) in [5, 5.41) is 12.2. The third-order valence-corrected chi connectivity index (χ3v) is 6.96. The van der Waals surface area contributed by atoms with Gasteiger partial charge in [-0.05, 0) is 66.1 Å². The number of aliphatic hydroxyl groups excluding tert-OH is 1. The number of carbonyl (C=O) groups excluding carboxylic acids is 1. The van der Waals surface area contributed by atoms with Crippen molar-refractivity contribution in [1.82, 2.24) is 4.98 Å². The molecule has 0 aliphatic heterocycles. The van der Waals surface area contributed by atoms with Crippen molar-refractivity contribution in [3.8, 4) is 11.3 Å². The van der Waals surface area contributed by atoms with E-state index < -0.39 is 0 Å². The van der Waals surface area contributed by atoms with Crippen LogP contribution in [0.4, 0.5) is 0 Å². The van der Waals surface area contributed by atoms with Gasteiger partial charge in [-0.2, -0.15) is 0 Å². The summed E-state index contributed by atoms with van der Waals surface area (Å²) in [4.78, 5) is 16.3. The van der Waals surface area contributed by atoms with Crippen molar-refractivity contribution in [3.63, 3.8) is 0 Å². The summed E-state index contributed by atoms with van der Waals surface area (Å²) in [6.45, 7) is 16.8. The van der Waals surface area contributed by atoms with Gasteiger partial charge in [0.2, 0.25) is 0 Å². The number of fused-ring (bicyclic) bond motifs is 1. The van der Waals surface area contributed by atoms with E-state index in [1.54, 1.807) is 0 Å². The molecule has 1 N–H and O–H groups in total. The van der Waals surface area contributed by atoms with Crippen LogP contribution in [0.15, 0.2) is 54.4 Å². The summed E-state index contributed by atoms with van der Waals surface area (Å²) in [7, 11) is 0. The first-order valence-electron chi connectivity index (χ1n) is 14.0. The molecule has 0 saturated carbocycles. The Balaban J connectivity index is 0.000000401. The summed E-state index contributed by atoms with van der Waals surface area (Å²) in [6.07, 6.45) is 7.93. The molecular formula is C34H46IrNO2-. The maximum absolute atomic E-state index is 11.7. The van der Waals surface area contributed by atoms with Gasteiger partial charge >= 0.3 is 0 Å². The van der Waals surface area contributed by atoms with Gasteiger partial charge in [-0.25, -0.2) is 0 Å². The molecule has 1 radical (unpaired) electrons. The second kappa shape index (κ2) is 16.6. The number of pyridine rings is 1. The molecule has 3 nitrogen and oxygen atoms in total. The van der Waals surface area contributed by atoms with E-state index in [9.17, 15) is 9.90 Å². The van der Waals surface area contributed by atoms with Gasteiger partial charge < -0.3 is 10.1 Å². The first-order chi connectivity index (χ1) is 17.6. The first kappa shape index (κ1) is 33.7. The minimum atomic E-state index is 0. The van der Waals surface area contributed by atoms with E-state index in [2.05, 4.69) is 75.1 Å². The van der Waals surface area contributed by atoms with E-state index in [1.165, 1.54) is 28.0 Å². The number of aromatic nitrogens is 1. The average Bonchev–Trinajstić information content (AvgIpc) is 2.84. The van der Waals surface area contributed by atoms with Crippen molar-refractivity contribution in [1.29, 1.82) is 0 Å². The van der Waals surface area contributed by atoms with Gasteiger partial charge in [-0.3, -0.25) is 4.79 Å². The van der Waals surface area contributed by atoms with E-state index in [4.69, 9.17) is 0 Å². The van der Waals surface area contributed by atoms with Gasteiger partial charge in [0.15, 0.2) is 5.78 Å². The molecular weight excluding hydrogens is 647 g/mol. The maximum atomic E-state index is 11.7. The van der Waals surface area contributed by atoms with Crippen LogP contribution >= 0.6 is 0 Å². The number of carbonyl (C=O) groups is 1. The molecule has 0 aliphatic rings. The second-order valence-electron chi connectivity index (χ2n) is 10.6. The van der Waals surface area contributed by atoms with Crippen molar-refractivity contribution >= 4 is 16.6 Å². The van der Waals surface area contributed by atoms with Gasteiger partial charge in [0, 0.05) is 44.2 Å². The van der Waals surface area contributed by atoms with Crippen molar-refractivity contribution in [3.05, 3.63) is 77.2 Å². The number of nitrogens with zero attached hydrogens (tertiary/aromatic N) is 1. The third-order valence-electron chi connectivity index (χ3n) is 6.96. The van der Waals surface area contributed by atoms with Gasteiger partial charge in [-0.1, -0.05) is 73.6 Å². The zero-order valence-electron chi connectivity index (χ0n) is 24.5. The van der Waals surface area contributed by atoms with Crippen molar-refractivity contribution in [2.24, 2.45) is 17.8 Å². The van der Waals surface area contributed by atoms with Crippen LogP contribution in [0.1, 0.15) is 83.9 Å². The van der Waals surface area contributed by atoms with Gasteiger partial charge in [0.1, 0.15) is 0 Å². The zero-order valence-corrected chi connectivity index (χ0v) is 26.9. The minimum absolute atomic E-state index is 0. The molecule has 38 heavy (non-hydrogen) atoms. The summed E-state index contributed by atoms with van der Waals surface area (Å²) >= 11 is 0. The number of allylic oxidation sites excluding steroid dienone is 2. The summed E-state index contributed by atoms with van der Waals surface area (Å²) in [6, 6.07) is 16.6. The van der Waals surface area contributed by atoms with Crippen molar-refractivity contribution in [2.75, 3.05) is 0 Å². The van der Waals surface area contributed by atoms with Gasteiger partial charge in [0.05, 0.1) is 5.76 Å². The monoisotopic (exact) mass is 693 g/mol. The fourth-order valence-corrected chi connectivity index (χ4v) is 4.84. The number of hydrogen-bond donors (Lipinski definition) is 1. The van der Waals surface area contributed by atoms with E-state index in [-0.39, 0.29) is 43.5 Å². The molecule has 3 rings (SSSR count). The van der Waals surface area contributed by atoms with E-state index in [1.807, 2.05) is 33.9 Å². The van der Waals surface area contributed by atoms with Crippen molar-refractivity contribution in [2.45, 2.75) is 87.5 Å². The predicted octanol–water partition coefficient (Wildman–Crippen LogP) is 9.38. The molecule has 1 heterocycles. The topological polar surface area (TPSA) is 50.2 Å². The molecule has 0 atom stereocenters. The minimum Gasteiger partial charge on any atom is -0.512 e. The van der Waals surface area contributed by atoms with Crippen LogP contribution in [0, 0.1) is 37.7 Å². The molecule has 0 fully saturated rings. The Hall–Kier alpha value is -2.29. The molecule has 2 aromatic carbocycles. The first-order valence-corrected chi connectivity index (χ1v) is 14.0. The molecule has 0 unspecified atom stereocenters. The summed E-state index contributed by atoms with van der Waals surface area (Å²) < 4.78 is 0. The van der Waals surface area contributed by atoms with Crippen LogP contribution in [-0.2, 0) is 31.3 Å². The molecule has 3 aromatic rings. The van der Waals surface area contributed by atoms with Crippen molar-refractivity contribution < 1.29 is 30.0 Å². The van der Waals surface area contributed by atoms with Gasteiger partial charge in [0.25, 0.3) is 0 Å². The van der Waals surface area contributed by atoms with Crippen LogP contribution < -0.4 is 0 Å². The third kappa shape index (κ3) is 9.79. The predicted molar refractivity (Wildman–Crippen MR) is 158 cm³/mol. The van der Waals surface area contributed by atoms with Crippen LogP contribution in [0.25, 0.3) is 22.0 Å². The van der Waals surface area contributed by atoms with Crippen LogP contribution in [0.2, 0.25) is 0 Å². The summed E-state index contributed by atoms with van der Waals surface area (Å²) in [5.74, 6) is 1.22. The van der Waals surface area contributed by atoms with E-state index in [0.29, 0.717) is 5.92 Å². The number of hydrogen-bond acceptors (Lipinski definition) is 3. The number of rotatable bonds is 10. The van der Waals surface area contributed by atoms with Gasteiger partial charge in [-0.15, -0.1) is 34.9 Å². The standard InChI is InChI=1S/C21H22N.C13H24O2.Ir/c1-14(2)9-17-5-6-20-18(13-17)7-8-22-21(20)19-11-15(3)10-16(4)12-19;1-5-10(6-2)12(14)9-13(15)11(7-3)8-4;/h5-8,10-11,13-14H,9H2,1-4H3;9-11,14H,5-8H2,1-4H3;/q-1;;/b;12-9-;. The Bertz CT molecular complexity index is 1170. The SMILES string of the molecule is CCC(CC)C(=O)/C=C(\O)C(CC)CC.Cc1[c-]c(-c2nccc3cc(CC(C)C)ccc23)cc(C)c1.[Ir]. The molecule has 4 heteroatoms. The second-order valence-corrected chi connectivity index (χ2v) is 10.6. The zero-order chi connectivity index (χ0) is 27.5. The Labute approximate surface area is 244 Å². The molecule has 0 saturated heterocycles. The fraction of sp³-hybridized carbons (Fsp3) is 0.471. The number of ketones is 1. The van der Waals surface area contributed by atoms with Crippen LogP contribution in [0.5, 0.6) is 0 Å². The van der Waals surface area contributed by atoms with Crippen LogP contribution in [-0.4, -0.2) is 15.9 Å².